The Morgan fingerprint density at radius 1 is 0.328 bits per heavy atom. The van der Waals surface area contributed by atoms with Gasteiger partial charge in [-0.1, -0.05) is 188 Å². The zero-order valence-corrected chi connectivity index (χ0v) is 33.5. The molecule has 1 aromatic heterocycles. The van der Waals surface area contributed by atoms with Crippen LogP contribution in [0.15, 0.2) is 231 Å². The SMILES string of the molecule is c1ccc(-n2c3ccccc3c3cc(-c4ccc5c(c4)-c4cc6c(cc4C5c4cccc5ccccc45)C(c4ccccc4)(c4ccccc4)c4ccccc4-6)ccc32)cc1. The third kappa shape index (κ3) is 4.83. The maximum absolute atomic E-state index is 2.60. The predicted molar refractivity (Wildman–Crippen MR) is 254 cm³/mol. The molecular formula is C60H39N. The highest BCUT2D eigenvalue weighted by Crippen LogP contribution is 2.60. The number of nitrogens with zero attached hydrogens (tertiary/aromatic N) is 1. The molecule has 1 atom stereocenters. The van der Waals surface area contributed by atoms with E-state index in [9.17, 15) is 0 Å². The molecule has 0 spiro atoms. The van der Waals surface area contributed by atoms with E-state index in [1.54, 1.807) is 0 Å². The van der Waals surface area contributed by atoms with Gasteiger partial charge in [-0.3, -0.25) is 0 Å². The van der Waals surface area contributed by atoms with E-state index in [4.69, 9.17) is 0 Å². The monoisotopic (exact) mass is 773 g/mol. The third-order valence-corrected chi connectivity index (χ3v) is 13.7. The Balaban J connectivity index is 1.07. The van der Waals surface area contributed by atoms with Gasteiger partial charge >= 0.3 is 0 Å². The maximum Gasteiger partial charge on any atom is 0.0713 e. The molecule has 61 heavy (non-hydrogen) atoms. The van der Waals surface area contributed by atoms with Gasteiger partial charge < -0.3 is 4.57 Å². The molecule has 1 heterocycles. The summed E-state index contributed by atoms with van der Waals surface area (Å²) in [6.45, 7) is 0. The summed E-state index contributed by atoms with van der Waals surface area (Å²) in [4.78, 5) is 0. The van der Waals surface area contributed by atoms with Crippen LogP contribution in [0.25, 0.3) is 71.6 Å². The molecule has 10 aromatic carbocycles. The molecule has 13 rings (SSSR count). The normalized spacial score (nSPS) is 14.5. The van der Waals surface area contributed by atoms with Gasteiger partial charge in [0.2, 0.25) is 0 Å². The number of aromatic nitrogens is 1. The Labute approximate surface area is 355 Å². The molecule has 1 unspecified atom stereocenters. The van der Waals surface area contributed by atoms with Crippen LogP contribution in [-0.4, -0.2) is 4.57 Å². The van der Waals surface area contributed by atoms with Crippen LogP contribution in [0.2, 0.25) is 0 Å². The molecule has 2 aliphatic rings. The van der Waals surface area contributed by atoms with Gasteiger partial charge in [0.1, 0.15) is 0 Å². The smallest absolute Gasteiger partial charge is 0.0713 e. The van der Waals surface area contributed by atoms with Crippen LogP contribution >= 0.6 is 0 Å². The molecule has 11 aromatic rings. The van der Waals surface area contributed by atoms with Gasteiger partial charge in [-0.05, 0) is 126 Å². The van der Waals surface area contributed by atoms with Crippen molar-refractivity contribution in [2.24, 2.45) is 0 Å². The van der Waals surface area contributed by atoms with Gasteiger partial charge in [0, 0.05) is 22.4 Å². The van der Waals surface area contributed by atoms with Crippen LogP contribution in [0.1, 0.15) is 44.9 Å². The van der Waals surface area contributed by atoms with Crippen molar-refractivity contribution in [2.45, 2.75) is 11.3 Å². The summed E-state index contributed by atoms with van der Waals surface area (Å²) in [7, 11) is 0. The topological polar surface area (TPSA) is 4.93 Å². The number of para-hydroxylation sites is 2. The maximum atomic E-state index is 2.60. The van der Waals surface area contributed by atoms with Crippen LogP contribution < -0.4 is 0 Å². The second kappa shape index (κ2) is 13.1. The summed E-state index contributed by atoms with van der Waals surface area (Å²) >= 11 is 0. The largest absolute Gasteiger partial charge is 0.309 e. The lowest BCUT2D eigenvalue weighted by Crippen LogP contribution is -2.28. The average Bonchev–Trinajstić information content (AvgIpc) is 3.94. The second-order valence-electron chi connectivity index (χ2n) is 16.7. The minimum absolute atomic E-state index is 0.0646. The first kappa shape index (κ1) is 34.2. The Morgan fingerprint density at radius 2 is 0.934 bits per heavy atom. The molecule has 0 saturated carbocycles. The van der Waals surface area contributed by atoms with Crippen molar-refractivity contribution in [3.05, 3.63) is 269 Å². The summed E-state index contributed by atoms with van der Waals surface area (Å²) < 4.78 is 2.39. The van der Waals surface area contributed by atoms with Crippen molar-refractivity contribution in [3.8, 4) is 39.1 Å². The average molecular weight is 774 g/mol. The van der Waals surface area contributed by atoms with Crippen LogP contribution in [-0.2, 0) is 5.41 Å². The van der Waals surface area contributed by atoms with E-state index in [-0.39, 0.29) is 5.92 Å². The van der Waals surface area contributed by atoms with Crippen LogP contribution in [0.4, 0.5) is 0 Å². The quantitative estimate of drug-likeness (QED) is 0.164. The fraction of sp³-hybridized carbons (Fsp3) is 0.0333. The summed E-state index contributed by atoms with van der Waals surface area (Å²) in [6.07, 6.45) is 0. The molecular weight excluding hydrogens is 735 g/mol. The molecule has 0 amide bonds. The zero-order chi connectivity index (χ0) is 40.1. The molecule has 0 aliphatic heterocycles. The number of benzene rings is 10. The molecule has 284 valence electrons. The van der Waals surface area contributed by atoms with E-state index in [1.807, 2.05) is 0 Å². The third-order valence-electron chi connectivity index (χ3n) is 13.7. The summed E-state index contributed by atoms with van der Waals surface area (Å²) in [5.74, 6) is 0.0646. The van der Waals surface area contributed by atoms with E-state index >= 15 is 0 Å². The molecule has 2 aliphatic carbocycles. The minimum atomic E-state index is -0.471. The van der Waals surface area contributed by atoms with Crippen molar-refractivity contribution in [2.75, 3.05) is 0 Å². The first-order valence-electron chi connectivity index (χ1n) is 21.4. The molecule has 0 N–H and O–H groups in total. The van der Waals surface area contributed by atoms with Gasteiger partial charge in [0.15, 0.2) is 0 Å². The summed E-state index contributed by atoms with van der Waals surface area (Å²) in [5, 5.41) is 5.10. The lowest BCUT2D eigenvalue weighted by atomic mass is 9.67. The Bertz CT molecular complexity index is 3480. The molecule has 0 bridgehead atoms. The Morgan fingerprint density at radius 3 is 1.74 bits per heavy atom. The van der Waals surface area contributed by atoms with Gasteiger partial charge in [-0.2, -0.15) is 0 Å². The van der Waals surface area contributed by atoms with Crippen molar-refractivity contribution < 1.29 is 0 Å². The fourth-order valence-electron chi connectivity index (χ4n) is 11.2. The highest BCUT2D eigenvalue weighted by Gasteiger charge is 2.47. The number of fused-ring (bicyclic) bond motifs is 10. The molecule has 1 heteroatoms. The van der Waals surface area contributed by atoms with Gasteiger partial charge in [0.05, 0.1) is 16.4 Å². The fourth-order valence-corrected chi connectivity index (χ4v) is 11.2. The Hall–Kier alpha value is -7.74. The number of hydrogen-bond acceptors (Lipinski definition) is 0. The minimum Gasteiger partial charge on any atom is -0.309 e. The highest BCUT2D eigenvalue weighted by atomic mass is 15.0. The van der Waals surface area contributed by atoms with Crippen molar-refractivity contribution in [1.29, 1.82) is 0 Å². The van der Waals surface area contributed by atoms with Gasteiger partial charge in [-0.15, -0.1) is 0 Å². The van der Waals surface area contributed by atoms with Crippen LogP contribution in [0.3, 0.4) is 0 Å². The zero-order valence-electron chi connectivity index (χ0n) is 33.5. The molecule has 0 saturated heterocycles. The first-order chi connectivity index (χ1) is 30.3. The van der Waals surface area contributed by atoms with E-state index in [2.05, 4.69) is 235 Å². The number of rotatable bonds is 5. The lowest BCUT2D eigenvalue weighted by molar-refractivity contribution is 0.766. The van der Waals surface area contributed by atoms with Crippen molar-refractivity contribution >= 4 is 32.6 Å². The molecule has 0 radical (unpaired) electrons. The summed E-state index contributed by atoms with van der Waals surface area (Å²) in [6, 6.07) is 86.2. The van der Waals surface area contributed by atoms with Gasteiger partial charge in [-0.25, -0.2) is 0 Å². The van der Waals surface area contributed by atoms with E-state index in [1.165, 1.54) is 111 Å². The molecule has 0 fully saturated rings. The van der Waals surface area contributed by atoms with E-state index in [0.29, 0.717) is 0 Å². The van der Waals surface area contributed by atoms with Crippen LogP contribution in [0.5, 0.6) is 0 Å². The van der Waals surface area contributed by atoms with E-state index < -0.39 is 5.41 Å². The Kier molecular flexibility index (Phi) is 7.35. The standard InChI is InChI=1S/C60H39N/c1-4-19-42(20-5-1)60(43-21-6-2-7-22-43)55-29-14-12-26-46(55)52-37-51-50-35-40(31-33-49(50)59(54(51)38-56(52)60)48-28-16-18-39-17-10-11-25-45(39)48)41-32-34-58-53(36-41)47-27-13-15-30-57(47)61(58)44-23-8-3-9-24-44/h1-38,59H. The lowest BCUT2D eigenvalue weighted by Gasteiger charge is -2.34. The van der Waals surface area contributed by atoms with Crippen molar-refractivity contribution in [1.82, 2.24) is 4.57 Å². The summed E-state index contributed by atoms with van der Waals surface area (Å²) in [5.41, 5.74) is 20.2. The van der Waals surface area contributed by atoms with Gasteiger partial charge in [0.25, 0.3) is 0 Å². The predicted octanol–water partition coefficient (Wildman–Crippen LogP) is 15.1. The highest BCUT2D eigenvalue weighted by molar-refractivity contribution is 6.10. The number of hydrogen-bond donors (Lipinski definition) is 0. The van der Waals surface area contributed by atoms with E-state index in [0.717, 1.165) is 0 Å². The second-order valence-corrected chi connectivity index (χ2v) is 16.7. The van der Waals surface area contributed by atoms with Crippen molar-refractivity contribution in [3.63, 3.8) is 0 Å². The van der Waals surface area contributed by atoms with Crippen LogP contribution in [0, 0.1) is 0 Å². The first-order valence-corrected chi connectivity index (χ1v) is 21.4. The molecule has 1 nitrogen and oxygen atoms in total.